The van der Waals surface area contributed by atoms with Crippen molar-refractivity contribution in [1.82, 2.24) is 14.8 Å². The van der Waals surface area contributed by atoms with Crippen LogP contribution in [0.25, 0.3) is 11.5 Å². The maximum atomic E-state index is 12.6. The number of carbonyl (C=O) groups is 1. The normalized spacial score (nSPS) is 15.6. The van der Waals surface area contributed by atoms with E-state index in [0.717, 1.165) is 56.2 Å². The van der Waals surface area contributed by atoms with E-state index in [1.807, 2.05) is 24.0 Å². The van der Waals surface area contributed by atoms with Crippen LogP contribution < -0.4 is 0 Å². The number of aromatic nitrogens is 1. The lowest BCUT2D eigenvalue weighted by atomic mass is 10.1. The average molecular weight is 341 g/mol. The molecular weight excluding hydrogens is 314 g/mol. The molecule has 1 aromatic carbocycles. The van der Waals surface area contributed by atoms with E-state index in [1.54, 1.807) is 0 Å². The number of hydrogen-bond donors (Lipinski definition) is 0. The van der Waals surface area contributed by atoms with Gasteiger partial charge in [-0.15, -0.1) is 0 Å². The van der Waals surface area contributed by atoms with E-state index < -0.39 is 0 Å². The molecule has 2 heterocycles. The Kier molecular flexibility index (Phi) is 5.53. The Bertz CT molecular complexity index is 713. The van der Waals surface area contributed by atoms with Crippen LogP contribution in [-0.2, 0) is 17.6 Å². The number of piperazine rings is 1. The largest absolute Gasteiger partial charge is 0.441 e. The van der Waals surface area contributed by atoms with Crippen molar-refractivity contribution < 1.29 is 9.21 Å². The number of likely N-dealkylation sites (N-methyl/N-ethyl adjacent to an activating group) is 1. The van der Waals surface area contributed by atoms with Gasteiger partial charge in [0.15, 0.2) is 0 Å². The summed E-state index contributed by atoms with van der Waals surface area (Å²) in [5.74, 6) is 1.47. The van der Waals surface area contributed by atoms with Crippen LogP contribution in [0.1, 0.15) is 30.9 Å². The number of aryl methyl sites for hydroxylation is 2. The molecule has 0 saturated carbocycles. The molecule has 0 radical (unpaired) electrons. The van der Waals surface area contributed by atoms with Crippen molar-refractivity contribution in [2.24, 2.45) is 0 Å². The minimum Gasteiger partial charge on any atom is -0.441 e. The summed E-state index contributed by atoms with van der Waals surface area (Å²) >= 11 is 0. The fourth-order valence-corrected chi connectivity index (χ4v) is 3.17. The van der Waals surface area contributed by atoms with Gasteiger partial charge in [0.2, 0.25) is 11.8 Å². The van der Waals surface area contributed by atoms with Crippen LogP contribution in [0, 0.1) is 6.92 Å². The molecule has 0 atom stereocenters. The molecule has 0 N–H and O–H groups in total. The third-order valence-electron chi connectivity index (χ3n) is 4.99. The highest BCUT2D eigenvalue weighted by Gasteiger charge is 2.22. The standard InChI is InChI=1S/C20H27N3O2/c1-4-16-6-8-17(9-7-16)20-21-18(15(3)25-20)14-19(24)23-12-10-22(5-2)11-13-23/h6-9H,4-5,10-14H2,1-3H3. The van der Waals surface area contributed by atoms with E-state index in [2.05, 4.69) is 35.9 Å². The Balaban J connectivity index is 1.67. The highest BCUT2D eigenvalue weighted by atomic mass is 16.4. The number of nitrogens with zero attached hydrogens (tertiary/aromatic N) is 3. The van der Waals surface area contributed by atoms with Crippen molar-refractivity contribution in [3.8, 4) is 11.5 Å². The van der Waals surface area contributed by atoms with E-state index in [0.29, 0.717) is 12.3 Å². The van der Waals surface area contributed by atoms with E-state index in [1.165, 1.54) is 5.56 Å². The monoisotopic (exact) mass is 341 g/mol. The van der Waals surface area contributed by atoms with Gasteiger partial charge in [-0.05, 0) is 37.6 Å². The highest BCUT2D eigenvalue weighted by Crippen LogP contribution is 2.23. The van der Waals surface area contributed by atoms with Gasteiger partial charge in [-0.1, -0.05) is 26.0 Å². The number of amides is 1. The Morgan fingerprint density at radius 2 is 1.80 bits per heavy atom. The van der Waals surface area contributed by atoms with Crippen LogP contribution in [-0.4, -0.2) is 53.4 Å². The molecule has 5 nitrogen and oxygen atoms in total. The van der Waals surface area contributed by atoms with Crippen molar-refractivity contribution in [1.29, 1.82) is 0 Å². The Labute approximate surface area is 149 Å². The molecule has 3 rings (SSSR count). The molecule has 1 fully saturated rings. The van der Waals surface area contributed by atoms with Crippen LogP contribution in [0.2, 0.25) is 0 Å². The topological polar surface area (TPSA) is 49.6 Å². The Morgan fingerprint density at radius 1 is 1.12 bits per heavy atom. The average Bonchev–Trinajstić information content (AvgIpc) is 3.02. The molecule has 25 heavy (non-hydrogen) atoms. The van der Waals surface area contributed by atoms with Crippen molar-refractivity contribution >= 4 is 5.91 Å². The zero-order chi connectivity index (χ0) is 17.8. The lowest BCUT2D eigenvalue weighted by Crippen LogP contribution is -2.48. The minimum atomic E-state index is 0.139. The quantitative estimate of drug-likeness (QED) is 0.839. The van der Waals surface area contributed by atoms with Gasteiger partial charge in [0.05, 0.1) is 12.1 Å². The summed E-state index contributed by atoms with van der Waals surface area (Å²) in [5, 5.41) is 0. The first-order valence-electron chi connectivity index (χ1n) is 9.16. The van der Waals surface area contributed by atoms with Gasteiger partial charge >= 0.3 is 0 Å². The van der Waals surface area contributed by atoms with E-state index in [9.17, 15) is 4.79 Å². The summed E-state index contributed by atoms with van der Waals surface area (Å²) in [7, 11) is 0. The summed E-state index contributed by atoms with van der Waals surface area (Å²) in [6, 6.07) is 8.24. The van der Waals surface area contributed by atoms with Gasteiger partial charge in [-0.2, -0.15) is 0 Å². The van der Waals surface area contributed by atoms with Crippen LogP contribution in [0.15, 0.2) is 28.7 Å². The van der Waals surface area contributed by atoms with Gasteiger partial charge in [-0.3, -0.25) is 4.79 Å². The maximum absolute atomic E-state index is 12.6. The smallest absolute Gasteiger partial charge is 0.228 e. The fourth-order valence-electron chi connectivity index (χ4n) is 3.17. The first-order chi connectivity index (χ1) is 12.1. The molecule has 1 aliphatic rings. The zero-order valence-electron chi connectivity index (χ0n) is 15.4. The lowest BCUT2D eigenvalue weighted by molar-refractivity contribution is -0.132. The minimum absolute atomic E-state index is 0.139. The van der Waals surface area contributed by atoms with Crippen molar-refractivity contribution in [2.75, 3.05) is 32.7 Å². The summed E-state index contributed by atoms with van der Waals surface area (Å²) in [5.41, 5.74) is 2.99. The fraction of sp³-hybridized carbons (Fsp3) is 0.500. The molecule has 0 aliphatic carbocycles. The number of carbonyl (C=O) groups excluding carboxylic acids is 1. The molecule has 0 unspecified atom stereocenters. The molecule has 2 aromatic rings. The van der Waals surface area contributed by atoms with Crippen LogP contribution >= 0.6 is 0 Å². The molecule has 134 valence electrons. The molecular formula is C20H27N3O2. The van der Waals surface area contributed by atoms with E-state index >= 15 is 0 Å². The number of rotatable bonds is 5. The second-order valence-corrected chi connectivity index (χ2v) is 6.56. The van der Waals surface area contributed by atoms with Crippen molar-refractivity contribution in [3.63, 3.8) is 0 Å². The maximum Gasteiger partial charge on any atom is 0.228 e. The summed E-state index contributed by atoms with van der Waals surface area (Å²) in [6.07, 6.45) is 1.32. The summed E-state index contributed by atoms with van der Waals surface area (Å²) < 4.78 is 5.81. The summed E-state index contributed by atoms with van der Waals surface area (Å²) in [4.78, 5) is 21.5. The SMILES string of the molecule is CCc1ccc(-c2nc(CC(=O)N3CCN(CC)CC3)c(C)o2)cc1. The third kappa shape index (κ3) is 4.10. The lowest BCUT2D eigenvalue weighted by Gasteiger charge is -2.34. The molecule has 1 aromatic heterocycles. The van der Waals surface area contributed by atoms with E-state index in [-0.39, 0.29) is 5.91 Å². The second-order valence-electron chi connectivity index (χ2n) is 6.56. The number of oxazole rings is 1. The molecule has 1 saturated heterocycles. The van der Waals surface area contributed by atoms with Gasteiger partial charge in [0, 0.05) is 31.7 Å². The summed E-state index contributed by atoms with van der Waals surface area (Å²) in [6.45, 7) is 10.7. The predicted molar refractivity (Wildman–Crippen MR) is 98.5 cm³/mol. The third-order valence-corrected chi connectivity index (χ3v) is 4.99. The van der Waals surface area contributed by atoms with Crippen LogP contribution in [0.4, 0.5) is 0 Å². The zero-order valence-corrected chi connectivity index (χ0v) is 15.4. The number of benzene rings is 1. The Morgan fingerprint density at radius 3 is 2.40 bits per heavy atom. The van der Waals surface area contributed by atoms with Gasteiger partial charge in [0.1, 0.15) is 5.76 Å². The molecule has 1 amide bonds. The van der Waals surface area contributed by atoms with Crippen LogP contribution in [0.3, 0.4) is 0 Å². The van der Waals surface area contributed by atoms with Crippen LogP contribution in [0.5, 0.6) is 0 Å². The van der Waals surface area contributed by atoms with Crippen molar-refractivity contribution in [2.45, 2.75) is 33.6 Å². The molecule has 0 spiro atoms. The van der Waals surface area contributed by atoms with Crippen molar-refractivity contribution in [3.05, 3.63) is 41.3 Å². The van der Waals surface area contributed by atoms with E-state index in [4.69, 9.17) is 4.42 Å². The Hall–Kier alpha value is -2.14. The molecule has 0 bridgehead atoms. The highest BCUT2D eigenvalue weighted by molar-refractivity contribution is 5.78. The first kappa shape index (κ1) is 17.7. The molecule has 1 aliphatic heterocycles. The van der Waals surface area contributed by atoms with Gasteiger partial charge in [-0.25, -0.2) is 4.98 Å². The first-order valence-corrected chi connectivity index (χ1v) is 9.16. The second kappa shape index (κ2) is 7.83. The van der Waals surface area contributed by atoms with Gasteiger partial charge < -0.3 is 14.2 Å². The predicted octanol–water partition coefficient (Wildman–Crippen LogP) is 2.92. The van der Waals surface area contributed by atoms with Gasteiger partial charge in [0.25, 0.3) is 0 Å². The molecule has 5 heteroatoms. The number of hydrogen-bond acceptors (Lipinski definition) is 4.